The average molecular weight is 424 g/mol. The minimum Gasteiger partial charge on any atom is -0.342 e. The average Bonchev–Trinajstić information content (AvgIpc) is 3.45. The van der Waals surface area contributed by atoms with Crippen LogP contribution in [0, 0.1) is 5.92 Å². The van der Waals surface area contributed by atoms with Gasteiger partial charge >= 0.3 is 6.03 Å². The van der Waals surface area contributed by atoms with E-state index in [1.807, 2.05) is 17.0 Å². The third-order valence-electron chi connectivity index (χ3n) is 6.19. The molecule has 4 rings (SSSR count). The molecule has 1 aliphatic carbocycles. The largest absolute Gasteiger partial charge is 0.342 e. The molecule has 3 aliphatic rings. The zero-order valence-electron chi connectivity index (χ0n) is 15.7. The molecule has 8 heteroatoms. The van der Waals surface area contributed by atoms with Crippen LogP contribution in [-0.2, 0) is 16.0 Å². The summed E-state index contributed by atoms with van der Waals surface area (Å²) < 4.78 is 0. The maximum absolute atomic E-state index is 12.9. The number of carbonyl (C=O) groups is 3. The van der Waals surface area contributed by atoms with Gasteiger partial charge in [0.05, 0.1) is 10.0 Å². The van der Waals surface area contributed by atoms with Gasteiger partial charge in [-0.05, 0) is 60.8 Å². The van der Waals surface area contributed by atoms with E-state index in [1.165, 1.54) is 0 Å². The number of nitrogens with one attached hydrogen (secondary N) is 2. The van der Waals surface area contributed by atoms with E-state index in [-0.39, 0.29) is 30.1 Å². The van der Waals surface area contributed by atoms with Crippen molar-refractivity contribution in [2.24, 2.45) is 5.92 Å². The van der Waals surface area contributed by atoms with Gasteiger partial charge in [0.2, 0.25) is 5.91 Å². The van der Waals surface area contributed by atoms with Crippen molar-refractivity contribution < 1.29 is 14.4 Å². The fourth-order valence-electron chi connectivity index (χ4n) is 4.49. The number of imide groups is 1. The van der Waals surface area contributed by atoms with Crippen LogP contribution in [0.15, 0.2) is 12.1 Å². The number of hydrogen-bond donors (Lipinski definition) is 2. The molecule has 2 atom stereocenters. The lowest BCUT2D eigenvalue weighted by Crippen LogP contribution is -2.50. The predicted octanol–water partition coefficient (Wildman–Crippen LogP) is 3.25. The number of carbonyl (C=O) groups excluding carboxylic acids is 3. The van der Waals surface area contributed by atoms with Crippen LogP contribution in [0.25, 0.3) is 0 Å². The van der Waals surface area contributed by atoms with Gasteiger partial charge in [-0.3, -0.25) is 14.9 Å². The zero-order chi connectivity index (χ0) is 20.1. The minimum atomic E-state index is -0.922. The molecule has 0 radical (unpaired) electrons. The zero-order valence-corrected chi connectivity index (χ0v) is 17.2. The van der Waals surface area contributed by atoms with E-state index in [2.05, 4.69) is 17.6 Å². The number of benzene rings is 1. The number of urea groups is 1. The molecule has 2 N–H and O–H groups in total. The molecule has 28 heavy (non-hydrogen) atoms. The molecular formula is C20H23Cl2N3O3. The topological polar surface area (TPSA) is 78.5 Å². The van der Waals surface area contributed by atoms with E-state index in [0.29, 0.717) is 36.0 Å². The summed E-state index contributed by atoms with van der Waals surface area (Å²) in [5, 5.41) is 6.18. The molecule has 1 saturated heterocycles. The molecule has 6 nitrogen and oxygen atoms in total. The van der Waals surface area contributed by atoms with Crippen molar-refractivity contribution in [1.82, 2.24) is 15.5 Å². The molecule has 1 aromatic rings. The first-order chi connectivity index (χ1) is 13.3. The molecule has 2 aliphatic heterocycles. The highest BCUT2D eigenvalue weighted by atomic mass is 35.5. The summed E-state index contributed by atoms with van der Waals surface area (Å²) in [7, 11) is 0. The SMILES string of the molecule is CC1CN(C(=O)CC[C@@]2(C3CC3)NC(=O)NC2=O)CCc2cc(Cl)c(Cl)cc21. The Kier molecular flexibility index (Phi) is 5.04. The number of amides is 4. The van der Waals surface area contributed by atoms with Crippen molar-refractivity contribution in [3.8, 4) is 0 Å². The number of hydrogen-bond acceptors (Lipinski definition) is 3. The lowest BCUT2D eigenvalue weighted by atomic mass is 9.87. The van der Waals surface area contributed by atoms with Crippen LogP contribution in [0.4, 0.5) is 4.79 Å². The van der Waals surface area contributed by atoms with E-state index in [4.69, 9.17) is 23.2 Å². The van der Waals surface area contributed by atoms with Gasteiger partial charge < -0.3 is 10.2 Å². The Hall–Kier alpha value is -1.79. The Morgan fingerprint density at radius 1 is 1.25 bits per heavy atom. The fourth-order valence-corrected chi connectivity index (χ4v) is 4.85. The maximum Gasteiger partial charge on any atom is 0.322 e. The molecule has 0 aromatic heterocycles. The van der Waals surface area contributed by atoms with Gasteiger partial charge in [0.1, 0.15) is 5.54 Å². The van der Waals surface area contributed by atoms with E-state index in [0.717, 1.165) is 24.0 Å². The van der Waals surface area contributed by atoms with Gasteiger partial charge in [0, 0.05) is 19.5 Å². The van der Waals surface area contributed by atoms with Crippen LogP contribution in [-0.4, -0.2) is 41.4 Å². The van der Waals surface area contributed by atoms with E-state index < -0.39 is 11.6 Å². The summed E-state index contributed by atoms with van der Waals surface area (Å²) in [5.74, 6) is -0.0222. The lowest BCUT2D eigenvalue weighted by Gasteiger charge is -2.28. The van der Waals surface area contributed by atoms with Crippen LogP contribution in [0.5, 0.6) is 0 Å². The second-order valence-corrected chi connectivity index (χ2v) is 8.92. The summed E-state index contributed by atoms with van der Waals surface area (Å²) in [5.41, 5.74) is 1.32. The van der Waals surface area contributed by atoms with Crippen LogP contribution in [0.1, 0.15) is 49.7 Å². The number of nitrogens with zero attached hydrogens (tertiary/aromatic N) is 1. The summed E-state index contributed by atoms with van der Waals surface area (Å²) in [4.78, 5) is 38.8. The Bertz CT molecular complexity index is 855. The molecule has 150 valence electrons. The van der Waals surface area contributed by atoms with Crippen molar-refractivity contribution in [2.75, 3.05) is 13.1 Å². The number of rotatable bonds is 4. The third-order valence-corrected chi connectivity index (χ3v) is 6.91. The molecule has 2 fully saturated rings. The van der Waals surface area contributed by atoms with Crippen LogP contribution in [0.2, 0.25) is 10.0 Å². The summed E-state index contributed by atoms with van der Waals surface area (Å²) >= 11 is 12.3. The van der Waals surface area contributed by atoms with Crippen LogP contribution >= 0.6 is 23.2 Å². The van der Waals surface area contributed by atoms with Crippen molar-refractivity contribution in [3.63, 3.8) is 0 Å². The second-order valence-electron chi connectivity index (χ2n) is 8.11. The minimum absolute atomic E-state index is 0.00539. The van der Waals surface area contributed by atoms with Gasteiger partial charge in [0.15, 0.2) is 0 Å². The van der Waals surface area contributed by atoms with Gasteiger partial charge in [-0.1, -0.05) is 30.1 Å². The molecule has 1 saturated carbocycles. The predicted molar refractivity (Wildman–Crippen MR) is 107 cm³/mol. The van der Waals surface area contributed by atoms with Crippen molar-refractivity contribution in [2.45, 2.75) is 50.5 Å². The first-order valence-electron chi connectivity index (χ1n) is 9.69. The quantitative estimate of drug-likeness (QED) is 0.729. The normalized spacial score (nSPS) is 27.1. The Labute approximate surface area is 173 Å². The first kappa shape index (κ1) is 19.5. The van der Waals surface area contributed by atoms with Gasteiger partial charge in [0.25, 0.3) is 5.91 Å². The molecule has 0 spiro atoms. The van der Waals surface area contributed by atoms with Crippen LogP contribution in [0.3, 0.4) is 0 Å². The van der Waals surface area contributed by atoms with E-state index in [9.17, 15) is 14.4 Å². The Morgan fingerprint density at radius 2 is 1.96 bits per heavy atom. The molecule has 1 aromatic carbocycles. The highest BCUT2D eigenvalue weighted by molar-refractivity contribution is 6.42. The summed E-state index contributed by atoms with van der Waals surface area (Å²) in [6, 6.07) is 3.33. The Morgan fingerprint density at radius 3 is 2.61 bits per heavy atom. The number of halogens is 2. The van der Waals surface area contributed by atoms with E-state index in [1.54, 1.807) is 0 Å². The molecular weight excluding hydrogens is 401 g/mol. The monoisotopic (exact) mass is 423 g/mol. The summed E-state index contributed by atoms with van der Waals surface area (Å²) in [6.07, 6.45) is 3.09. The maximum atomic E-state index is 12.9. The lowest BCUT2D eigenvalue weighted by molar-refractivity contribution is -0.132. The standard InChI is InChI=1S/C20H23Cl2N3O3/c1-11-10-25(7-5-12-8-15(21)16(22)9-14(11)12)17(26)4-6-20(13-2-3-13)18(27)23-19(28)24-20/h8-9,11,13H,2-7,10H2,1H3,(H2,23,24,27,28)/t11?,20-/m0/s1. The fraction of sp³-hybridized carbons (Fsp3) is 0.550. The van der Waals surface area contributed by atoms with Crippen molar-refractivity contribution >= 4 is 41.0 Å². The van der Waals surface area contributed by atoms with Crippen LogP contribution < -0.4 is 10.6 Å². The van der Waals surface area contributed by atoms with Gasteiger partial charge in [-0.2, -0.15) is 0 Å². The first-order valence-corrected chi connectivity index (χ1v) is 10.4. The Balaban J connectivity index is 1.44. The summed E-state index contributed by atoms with van der Waals surface area (Å²) in [6.45, 7) is 3.27. The third kappa shape index (κ3) is 3.48. The highest BCUT2D eigenvalue weighted by Gasteiger charge is 2.55. The van der Waals surface area contributed by atoms with E-state index >= 15 is 0 Å². The van der Waals surface area contributed by atoms with Crippen molar-refractivity contribution in [1.29, 1.82) is 0 Å². The molecule has 0 bridgehead atoms. The smallest absolute Gasteiger partial charge is 0.322 e. The highest BCUT2D eigenvalue weighted by Crippen LogP contribution is 2.44. The molecule has 1 unspecified atom stereocenters. The van der Waals surface area contributed by atoms with Crippen molar-refractivity contribution in [3.05, 3.63) is 33.3 Å². The number of fused-ring (bicyclic) bond motifs is 1. The molecule has 4 amide bonds. The van der Waals surface area contributed by atoms with Gasteiger partial charge in [-0.15, -0.1) is 0 Å². The molecule has 2 heterocycles. The van der Waals surface area contributed by atoms with Gasteiger partial charge in [-0.25, -0.2) is 4.79 Å². The second kappa shape index (κ2) is 7.23.